The molecule has 25 heavy (non-hydrogen) atoms. The zero-order valence-electron chi connectivity index (χ0n) is 14.1. The first-order valence-corrected chi connectivity index (χ1v) is 9.35. The molecular formula is C19H20N4OS. The molecule has 0 N–H and O–H groups in total. The molecule has 128 valence electrons. The second kappa shape index (κ2) is 6.80. The summed E-state index contributed by atoms with van der Waals surface area (Å²) in [5, 5.41) is 5.17. The highest BCUT2D eigenvalue weighted by atomic mass is 32.1. The number of piperidine rings is 1. The molecule has 0 radical (unpaired) electrons. The van der Waals surface area contributed by atoms with Crippen molar-refractivity contribution in [2.45, 2.75) is 25.3 Å². The lowest BCUT2D eigenvalue weighted by Crippen LogP contribution is -2.37. The number of hydrogen-bond donors (Lipinski definition) is 0. The van der Waals surface area contributed by atoms with Gasteiger partial charge in [-0.2, -0.15) is 5.10 Å². The van der Waals surface area contributed by atoms with Crippen molar-refractivity contribution in [3.63, 3.8) is 0 Å². The Morgan fingerprint density at radius 2 is 2.20 bits per heavy atom. The maximum absolute atomic E-state index is 12.8. The molecule has 1 amide bonds. The Morgan fingerprint density at radius 3 is 3.00 bits per heavy atom. The van der Waals surface area contributed by atoms with Crippen molar-refractivity contribution in [3.8, 4) is 0 Å². The van der Waals surface area contributed by atoms with Crippen LogP contribution in [-0.2, 0) is 11.8 Å². The van der Waals surface area contributed by atoms with Crippen molar-refractivity contribution in [2.24, 2.45) is 7.05 Å². The van der Waals surface area contributed by atoms with Crippen LogP contribution >= 0.6 is 11.3 Å². The molecule has 0 spiro atoms. The van der Waals surface area contributed by atoms with Gasteiger partial charge in [0.15, 0.2) is 0 Å². The van der Waals surface area contributed by atoms with Gasteiger partial charge in [0.1, 0.15) is 5.01 Å². The van der Waals surface area contributed by atoms with Gasteiger partial charge in [-0.05, 0) is 37.5 Å². The van der Waals surface area contributed by atoms with Crippen LogP contribution in [0, 0.1) is 0 Å². The van der Waals surface area contributed by atoms with Crippen LogP contribution in [0.15, 0.2) is 42.7 Å². The quantitative estimate of drug-likeness (QED) is 0.674. The number of aromatic nitrogens is 3. The van der Waals surface area contributed by atoms with Gasteiger partial charge in [-0.3, -0.25) is 9.48 Å². The Labute approximate surface area is 150 Å². The van der Waals surface area contributed by atoms with Crippen LogP contribution in [-0.4, -0.2) is 32.1 Å². The summed E-state index contributed by atoms with van der Waals surface area (Å²) >= 11 is 1.70. The van der Waals surface area contributed by atoms with E-state index in [0.29, 0.717) is 0 Å². The number of para-hydroxylation sites is 1. The summed E-state index contributed by atoms with van der Waals surface area (Å²) in [5.41, 5.74) is 1.95. The van der Waals surface area contributed by atoms with Crippen LogP contribution in [0.5, 0.6) is 0 Å². The second-order valence-corrected chi connectivity index (χ2v) is 7.41. The number of carbonyl (C=O) groups is 1. The number of amides is 1. The summed E-state index contributed by atoms with van der Waals surface area (Å²) in [6, 6.07) is 8.24. The van der Waals surface area contributed by atoms with Crippen LogP contribution < -0.4 is 0 Å². The fourth-order valence-electron chi connectivity index (χ4n) is 3.27. The minimum atomic E-state index is 0.0489. The van der Waals surface area contributed by atoms with Gasteiger partial charge in [0, 0.05) is 31.4 Å². The van der Waals surface area contributed by atoms with E-state index in [9.17, 15) is 4.79 Å². The highest BCUT2D eigenvalue weighted by Crippen LogP contribution is 2.35. The van der Waals surface area contributed by atoms with Crippen molar-refractivity contribution >= 4 is 33.5 Å². The first-order chi connectivity index (χ1) is 12.2. The van der Waals surface area contributed by atoms with Crippen molar-refractivity contribution < 1.29 is 4.79 Å². The van der Waals surface area contributed by atoms with Crippen LogP contribution in [0.3, 0.4) is 0 Å². The molecule has 3 aromatic rings. The number of aryl methyl sites for hydroxylation is 1. The zero-order valence-corrected chi connectivity index (χ0v) is 14.9. The van der Waals surface area contributed by atoms with E-state index in [1.165, 1.54) is 4.70 Å². The SMILES string of the molecule is Cn1cc(/C=C/C(=O)N2CCCCC2c2nc3ccccc3s2)cn1. The number of carbonyl (C=O) groups excluding carboxylic acids is 1. The van der Waals surface area contributed by atoms with Crippen molar-refractivity contribution in [1.82, 2.24) is 19.7 Å². The van der Waals surface area contributed by atoms with E-state index in [1.807, 2.05) is 42.4 Å². The summed E-state index contributed by atoms with van der Waals surface area (Å²) in [7, 11) is 1.87. The molecule has 0 aliphatic carbocycles. The summed E-state index contributed by atoms with van der Waals surface area (Å²) < 4.78 is 2.91. The first kappa shape index (κ1) is 16.0. The molecule has 3 heterocycles. The lowest BCUT2D eigenvalue weighted by Gasteiger charge is -2.33. The lowest BCUT2D eigenvalue weighted by atomic mass is 10.0. The van der Waals surface area contributed by atoms with Crippen LogP contribution in [0.4, 0.5) is 0 Å². The molecule has 1 saturated heterocycles. The third-order valence-corrected chi connectivity index (χ3v) is 5.66. The molecule has 1 fully saturated rings. The summed E-state index contributed by atoms with van der Waals surface area (Å²) in [5.74, 6) is 0.0489. The predicted octanol–water partition coefficient (Wildman–Crippen LogP) is 3.80. The second-order valence-electron chi connectivity index (χ2n) is 6.34. The van der Waals surface area contributed by atoms with Gasteiger partial charge in [-0.1, -0.05) is 12.1 Å². The van der Waals surface area contributed by atoms with Crippen molar-refractivity contribution in [1.29, 1.82) is 0 Å². The molecule has 5 nitrogen and oxygen atoms in total. The fourth-order valence-corrected chi connectivity index (χ4v) is 4.39. The molecular weight excluding hydrogens is 332 g/mol. The maximum atomic E-state index is 12.8. The Kier molecular flexibility index (Phi) is 4.36. The molecule has 1 aliphatic heterocycles. The van der Waals surface area contributed by atoms with E-state index in [4.69, 9.17) is 4.98 Å². The Morgan fingerprint density at radius 1 is 1.32 bits per heavy atom. The average Bonchev–Trinajstić information content (AvgIpc) is 3.25. The number of fused-ring (bicyclic) bond motifs is 1. The minimum absolute atomic E-state index is 0.0489. The Balaban J connectivity index is 1.57. The smallest absolute Gasteiger partial charge is 0.247 e. The van der Waals surface area contributed by atoms with Gasteiger partial charge >= 0.3 is 0 Å². The third kappa shape index (κ3) is 3.35. The zero-order chi connectivity index (χ0) is 17.2. The number of likely N-dealkylation sites (tertiary alicyclic amines) is 1. The normalized spacial score (nSPS) is 18.3. The van der Waals surface area contributed by atoms with Crippen molar-refractivity contribution in [2.75, 3.05) is 6.54 Å². The van der Waals surface area contributed by atoms with Crippen LogP contribution in [0.2, 0.25) is 0 Å². The van der Waals surface area contributed by atoms with E-state index in [0.717, 1.165) is 41.9 Å². The van der Waals surface area contributed by atoms with Gasteiger partial charge in [0.25, 0.3) is 0 Å². The molecule has 1 unspecified atom stereocenters. The molecule has 0 saturated carbocycles. The van der Waals surface area contributed by atoms with E-state index in [1.54, 1.807) is 28.3 Å². The molecule has 6 heteroatoms. The number of thiazole rings is 1. The average molecular weight is 352 g/mol. The molecule has 1 aliphatic rings. The van der Waals surface area contributed by atoms with Gasteiger partial charge in [-0.25, -0.2) is 4.98 Å². The van der Waals surface area contributed by atoms with Gasteiger partial charge < -0.3 is 4.90 Å². The van der Waals surface area contributed by atoms with Crippen molar-refractivity contribution in [3.05, 3.63) is 53.3 Å². The van der Waals surface area contributed by atoms with E-state index in [-0.39, 0.29) is 11.9 Å². The van der Waals surface area contributed by atoms with E-state index in [2.05, 4.69) is 11.2 Å². The Bertz CT molecular complexity index is 893. The van der Waals surface area contributed by atoms with E-state index >= 15 is 0 Å². The monoisotopic (exact) mass is 352 g/mol. The molecule has 1 atom stereocenters. The first-order valence-electron chi connectivity index (χ1n) is 8.53. The lowest BCUT2D eigenvalue weighted by molar-refractivity contribution is -0.129. The van der Waals surface area contributed by atoms with Gasteiger partial charge in [-0.15, -0.1) is 11.3 Å². The van der Waals surface area contributed by atoms with E-state index < -0.39 is 0 Å². The third-order valence-electron chi connectivity index (χ3n) is 4.52. The standard InChI is InChI=1S/C19H20N4OS/c1-22-13-14(12-20-22)9-10-18(24)23-11-5-4-7-16(23)19-21-15-6-2-3-8-17(15)25-19/h2-3,6,8-10,12-13,16H,4-5,7,11H2,1H3/b10-9+. The number of hydrogen-bond acceptors (Lipinski definition) is 4. The summed E-state index contributed by atoms with van der Waals surface area (Å²) in [4.78, 5) is 19.5. The Hall–Kier alpha value is -2.47. The van der Waals surface area contributed by atoms with Crippen LogP contribution in [0.25, 0.3) is 16.3 Å². The minimum Gasteiger partial charge on any atom is -0.330 e. The molecule has 1 aromatic carbocycles. The molecule has 0 bridgehead atoms. The number of rotatable bonds is 3. The highest BCUT2D eigenvalue weighted by Gasteiger charge is 2.29. The molecule has 4 rings (SSSR count). The number of nitrogens with zero attached hydrogens (tertiary/aromatic N) is 4. The predicted molar refractivity (Wildman–Crippen MR) is 100 cm³/mol. The fraction of sp³-hybridized carbons (Fsp3) is 0.316. The summed E-state index contributed by atoms with van der Waals surface area (Å²) in [6.07, 6.45) is 10.3. The molecule has 2 aromatic heterocycles. The van der Waals surface area contributed by atoms with Gasteiger partial charge in [0.05, 0.1) is 22.5 Å². The summed E-state index contributed by atoms with van der Waals surface area (Å²) in [6.45, 7) is 0.788. The number of benzene rings is 1. The van der Waals surface area contributed by atoms with Crippen LogP contribution in [0.1, 0.15) is 35.9 Å². The van der Waals surface area contributed by atoms with Gasteiger partial charge in [0.2, 0.25) is 5.91 Å². The highest BCUT2D eigenvalue weighted by molar-refractivity contribution is 7.18. The topological polar surface area (TPSA) is 51.0 Å². The maximum Gasteiger partial charge on any atom is 0.247 e. The largest absolute Gasteiger partial charge is 0.330 e.